The van der Waals surface area contributed by atoms with Crippen molar-refractivity contribution in [1.82, 2.24) is 4.90 Å². The van der Waals surface area contributed by atoms with Crippen molar-refractivity contribution in [2.45, 2.75) is 18.8 Å². The SMILES string of the molecule is Cc1ccc2c(c1)CC=CC21CN(C)C1. The molecule has 15 heavy (non-hydrogen) atoms. The van der Waals surface area contributed by atoms with Gasteiger partial charge in [-0.15, -0.1) is 0 Å². The van der Waals surface area contributed by atoms with Crippen LogP contribution in [0.1, 0.15) is 16.7 Å². The highest BCUT2D eigenvalue weighted by Crippen LogP contribution is 2.40. The Balaban J connectivity index is 2.08. The molecule has 0 bridgehead atoms. The number of hydrogen-bond donors (Lipinski definition) is 0. The van der Waals surface area contributed by atoms with Gasteiger partial charge in [0.05, 0.1) is 0 Å². The smallest absolute Gasteiger partial charge is 0.0389 e. The lowest BCUT2D eigenvalue weighted by Crippen LogP contribution is -2.57. The molecule has 3 rings (SSSR count). The highest BCUT2D eigenvalue weighted by Gasteiger charge is 2.42. The van der Waals surface area contributed by atoms with E-state index in [1.165, 1.54) is 24.2 Å². The summed E-state index contributed by atoms with van der Waals surface area (Å²) in [6, 6.07) is 6.93. The summed E-state index contributed by atoms with van der Waals surface area (Å²) in [5, 5.41) is 0. The zero-order valence-electron chi connectivity index (χ0n) is 9.46. The largest absolute Gasteiger partial charge is 0.304 e. The Hall–Kier alpha value is -1.08. The molecule has 0 aromatic heterocycles. The molecule has 1 saturated heterocycles. The van der Waals surface area contributed by atoms with Gasteiger partial charge in [0.1, 0.15) is 0 Å². The Labute approximate surface area is 91.4 Å². The van der Waals surface area contributed by atoms with E-state index in [2.05, 4.69) is 49.2 Å². The van der Waals surface area contributed by atoms with Crippen molar-refractivity contribution in [2.24, 2.45) is 0 Å². The fraction of sp³-hybridized carbons (Fsp3) is 0.429. The number of benzene rings is 1. The number of rotatable bonds is 0. The quantitative estimate of drug-likeness (QED) is 0.579. The molecule has 0 saturated carbocycles. The first-order valence-corrected chi connectivity index (χ1v) is 5.66. The summed E-state index contributed by atoms with van der Waals surface area (Å²) in [6.07, 6.45) is 5.88. The van der Waals surface area contributed by atoms with Crippen molar-refractivity contribution in [3.8, 4) is 0 Å². The molecule has 1 heterocycles. The molecular weight excluding hydrogens is 182 g/mol. The molecule has 1 heteroatoms. The molecule has 0 unspecified atom stereocenters. The summed E-state index contributed by atoms with van der Waals surface area (Å²) in [7, 11) is 2.20. The molecule has 1 aliphatic heterocycles. The lowest BCUT2D eigenvalue weighted by atomic mass is 9.69. The van der Waals surface area contributed by atoms with Crippen LogP contribution in [0.3, 0.4) is 0 Å². The molecule has 0 radical (unpaired) electrons. The van der Waals surface area contributed by atoms with Gasteiger partial charge in [-0.1, -0.05) is 35.9 Å². The van der Waals surface area contributed by atoms with E-state index in [4.69, 9.17) is 0 Å². The van der Waals surface area contributed by atoms with E-state index in [0.29, 0.717) is 5.41 Å². The van der Waals surface area contributed by atoms with Gasteiger partial charge >= 0.3 is 0 Å². The first-order valence-electron chi connectivity index (χ1n) is 5.66. The predicted molar refractivity (Wildman–Crippen MR) is 63.2 cm³/mol. The maximum atomic E-state index is 2.42. The third-order valence-electron chi connectivity index (χ3n) is 3.68. The van der Waals surface area contributed by atoms with Crippen molar-refractivity contribution in [2.75, 3.05) is 20.1 Å². The minimum absolute atomic E-state index is 0.343. The molecule has 0 N–H and O–H groups in total. The molecule has 1 fully saturated rings. The second kappa shape index (κ2) is 2.96. The Morgan fingerprint density at radius 1 is 1.27 bits per heavy atom. The zero-order chi connectivity index (χ0) is 10.5. The summed E-state index contributed by atoms with van der Waals surface area (Å²) in [5.74, 6) is 0. The van der Waals surface area contributed by atoms with E-state index in [9.17, 15) is 0 Å². The van der Waals surface area contributed by atoms with Gasteiger partial charge in [-0.2, -0.15) is 0 Å². The average Bonchev–Trinajstić information content (AvgIpc) is 2.15. The minimum atomic E-state index is 0.343. The second-order valence-electron chi connectivity index (χ2n) is 5.10. The topological polar surface area (TPSA) is 3.24 Å². The standard InChI is InChI=1S/C14H17N/c1-11-5-6-13-12(8-11)4-3-7-14(13)9-15(2)10-14/h3,5-8H,4,9-10H2,1-2H3. The van der Waals surface area contributed by atoms with E-state index >= 15 is 0 Å². The third-order valence-corrected chi connectivity index (χ3v) is 3.68. The lowest BCUT2D eigenvalue weighted by molar-refractivity contribution is 0.130. The molecule has 1 spiro atoms. The Kier molecular flexibility index (Phi) is 1.81. The molecule has 78 valence electrons. The molecule has 1 aromatic rings. The third kappa shape index (κ3) is 1.26. The number of fused-ring (bicyclic) bond motifs is 2. The van der Waals surface area contributed by atoms with Gasteiger partial charge in [0.25, 0.3) is 0 Å². The Morgan fingerprint density at radius 3 is 2.80 bits per heavy atom. The van der Waals surface area contributed by atoms with Crippen LogP contribution in [0, 0.1) is 6.92 Å². The van der Waals surface area contributed by atoms with E-state index in [1.54, 1.807) is 5.56 Å². The maximum absolute atomic E-state index is 2.42. The number of hydrogen-bond acceptors (Lipinski definition) is 1. The first-order chi connectivity index (χ1) is 7.20. The lowest BCUT2D eigenvalue weighted by Gasteiger charge is -2.49. The first kappa shape index (κ1) is 9.17. The fourth-order valence-electron chi connectivity index (χ4n) is 3.07. The molecule has 0 amide bonds. The number of nitrogens with zero attached hydrogens (tertiary/aromatic N) is 1. The van der Waals surface area contributed by atoms with Crippen LogP contribution in [0.5, 0.6) is 0 Å². The summed E-state index contributed by atoms with van der Waals surface area (Å²) in [4.78, 5) is 2.39. The second-order valence-corrected chi connectivity index (χ2v) is 5.10. The maximum Gasteiger partial charge on any atom is 0.0389 e. The zero-order valence-corrected chi connectivity index (χ0v) is 9.46. The molecule has 1 aliphatic carbocycles. The Morgan fingerprint density at radius 2 is 2.07 bits per heavy atom. The summed E-state index contributed by atoms with van der Waals surface area (Å²) < 4.78 is 0. The van der Waals surface area contributed by atoms with Crippen LogP contribution in [0.25, 0.3) is 0 Å². The van der Waals surface area contributed by atoms with Gasteiger partial charge in [-0.25, -0.2) is 0 Å². The molecule has 1 nitrogen and oxygen atoms in total. The van der Waals surface area contributed by atoms with E-state index in [1.807, 2.05) is 0 Å². The predicted octanol–water partition coefficient (Wildman–Crippen LogP) is 2.29. The summed E-state index contributed by atoms with van der Waals surface area (Å²) >= 11 is 0. The summed E-state index contributed by atoms with van der Waals surface area (Å²) in [5.41, 5.74) is 4.82. The van der Waals surface area contributed by atoms with Gasteiger partial charge < -0.3 is 4.90 Å². The van der Waals surface area contributed by atoms with E-state index in [-0.39, 0.29) is 0 Å². The van der Waals surface area contributed by atoms with Crippen LogP contribution < -0.4 is 0 Å². The van der Waals surface area contributed by atoms with Crippen LogP contribution in [0.2, 0.25) is 0 Å². The molecule has 0 atom stereocenters. The van der Waals surface area contributed by atoms with Crippen molar-refractivity contribution in [3.63, 3.8) is 0 Å². The highest BCUT2D eigenvalue weighted by atomic mass is 15.2. The number of aryl methyl sites for hydroxylation is 1. The normalized spacial score (nSPS) is 22.5. The van der Waals surface area contributed by atoms with Gasteiger partial charge in [-0.05, 0) is 31.5 Å². The molecular formula is C14H17N. The van der Waals surface area contributed by atoms with E-state index in [0.717, 1.165) is 6.42 Å². The van der Waals surface area contributed by atoms with Crippen LogP contribution in [-0.4, -0.2) is 25.0 Å². The van der Waals surface area contributed by atoms with Gasteiger partial charge in [0, 0.05) is 18.5 Å². The van der Waals surface area contributed by atoms with Crippen molar-refractivity contribution in [1.29, 1.82) is 0 Å². The number of likely N-dealkylation sites (N-methyl/N-ethyl adjacent to an activating group) is 1. The monoisotopic (exact) mass is 199 g/mol. The highest BCUT2D eigenvalue weighted by molar-refractivity contribution is 5.47. The number of likely N-dealkylation sites (tertiary alicyclic amines) is 1. The van der Waals surface area contributed by atoms with Crippen molar-refractivity contribution >= 4 is 0 Å². The molecule has 1 aromatic carbocycles. The van der Waals surface area contributed by atoms with Gasteiger partial charge in [-0.3, -0.25) is 0 Å². The average molecular weight is 199 g/mol. The van der Waals surface area contributed by atoms with Gasteiger partial charge in [0.2, 0.25) is 0 Å². The molecule has 2 aliphatic rings. The minimum Gasteiger partial charge on any atom is -0.304 e. The number of allylic oxidation sites excluding steroid dienone is 1. The van der Waals surface area contributed by atoms with Crippen LogP contribution in [0.15, 0.2) is 30.4 Å². The van der Waals surface area contributed by atoms with Crippen molar-refractivity contribution in [3.05, 3.63) is 47.0 Å². The van der Waals surface area contributed by atoms with Crippen molar-refractivity contribution < 1.29 is 0 Å². The van der Waals surface area contributed by atoms with Crippen LogP contribution >= 0.6 is 0 Å². The van der Waals surface area contributed by atoms with Crippen LogP contribution in [0.4, 0.5) is 0 Å². The van der Waals surface area contributed by atoms with E-state index < -0.39 is 0 Å². The van der Waals surface area contributed by atoms with Crippen LogP contribution in [-0.2, 0) is 11.8 Å². The van der Waals surface area contributed by atoms with Gasteiger partial charge in [0.15, 0.2) is 0 Å². The Bertz CT molecular complexity index is 425. The summed E-state index contributed by atoms with van der Waals surface area (Å²) in [6.45, 7) is 4.54. The fourth-order valence-corrected chi connectivity index (χ4v) is 3.07.